The SMILES string of the molecule is Cc1nnnn1-c1cc(NC(=O)c2cc(S(=O)(=O)N(C)C)ccc2Cl)ccc1F. The number of amides is 1. The lowest BCUT2D eigenvalue weighted by Gasteiger charge is -2.13. The van der Waals surface area contributed by atoms with E-state index < -0.39 is 21.7 Å². The van der Waals surface area contributed by atoms with E-state index in [1.165, 1.54) is 49.1 Å². The zero-order valence-corrected chi connectivity index (χ0v) is 17.2. The molecule has 0 radical (unpaired) electrons. The molecule has 1 N–H and O–H groups in total. The lowest BCUT2D eigenvalue weighted by atomic mass is 10.2. The van der Waals surface area contributed by atoms with Gasteiger partial charge in [0.25, 0.3) is 5.91 Å². The summed E-state index contributed by atoms with van der Waals surface area (Å²) in [5.74, 6) is -0.885. The molecule has 2 aromatic carbocycles. The second kappa shape index (κ2) is 7.85. The molecule has 0 saturated carbocycles. The van der Waals surface area contributed by atoms with Crippen molar-refractivity contribution in [3.05, 3.63) is 58.6 Å². The summed E-state index contributed by atoms with van der Waals surface area (Å²) in [6.07, 6.45) is 0. The van der Waals surface area contributed by atoms with E-state index in [2.05, 4.69) is 20.8 Å². The van der Waals surface area contributed by atoms with Crippen molar-refractivity contribution < 1.29 is 17.6 Å². The Kier molecular flexibility index (Phi) is 5.64. The van der Waals surface area contributed by atoms with Gasteiger partial charge in [0.1, 0.15) is 11.5 Å². The van der Waals surface area contributed by atoms with Gasteiger partial charge in [0.15, 0.2) is 5.82 Å². The third kappa shape index (κ3) is 4.11. The van der Waals surface area contributed by atoms with E-state index in [0.717, 1.165) is 10.4 Å². The van der Waals surface area contributed by atoms with Gasteiger partial charge in [0.05, 0.1) is 15.5 Å². The minimum absolute atomic E-state index is 0.0420. The topological polar surface area (TPSA) is 110 Å². The van der Waals surface area contributed by atoms with Crippen molar-refractivity contribution in [2.75, 3.05) is 19.4 Å². The molecule has 1 aromatic heterocycles. The highest BCUT2D eigenvalue weighted by Crippen LogP contribution is 2.24. The predicted octanol–water partition coefficient (Wildman–Crippen LogP) is 2.27. The summed E-state index contributed by atoms with van der Waals surface area (Å²) in [6, 6.07) is 7.68. The van der Waals surface area contributed by atoms with Crippen LogP contribution in [0.4, 0.5) is 10.1 Å². The number of aromatic nitrogens is 4. The van der Waals surface area contributed by atoms with Crippen molar-refractivity contribution in [1.29, 1.82) is 0 Å². The molecule has 0 aliphatic heterocycles. The van der Waals surface area contributed by atoms with Gasteiger partial charge in [-0.2, -0.15) is 4.68 Å². The van der Waals surface area contributed by atoms with Crippen molar-refractivity contribution in [2.45, 2.75) is 11.8 Å². The Bertz CT molecular complexity index is 1200. The van der Waals surface area contributed by atoms with Crippen LogP contribution in [-0.2, 0) is 10.0 Å². The molecule has 1 amide bonds. The normalized spacial score (nSPS) is 11.7. The summed E-state index contributed by atoms with van der Waals surface area (Å²) in [6.45, 7) is 1.60. The molecule has 0 unspecified atom stereocenters. The van der Waals surface area contributed by atoms with Gasteiger partial charge in [-0.25, -0.2) is 17.1 Å². The Morgan fingerprint density at radius 2 is 1.93 bits per heavy atom. The summed E-state index contributed by atoms with van der Waals surface area (Å²) in [7, 11) is -0.990. The first kappa shape index (κ1) is 20.8. The molecular formula is C17H16ClFN6O3S. The number of halogens is 2. The number of carbonyl (C=O) groups excluding carboxylic acids is 1. The van der Waals surface area contributed by atoms with E-state index in [0.29, 0.717) is 5.82 Å². The first-order chi connectivity index (χ1) is 13.6. The van der Waals surface area contributed by atoms with Crippen molar-refractivity contribution in [3.63, 3.8) is 0 Å². The van der Waals surface area contributed by atoms with E-state index in [1.54, 1.807) is 6.92 Å². The van der Waals surface area contributed by atoms with Crippen LogP contribution in [-0.4, -0.2) is 52.9 Å². The van der Waals surface area contributed by atoms with Crippen molar-refractivity contribution in [2.24, 2.45) is 0 Å². The smallest absolute Gasteiger partial charge is 0.257 e. The maximum atomic E-state index is 14.2. The van der Waals surface area contributed by atoms with Crippen LogP contribution in [0.3, 0.4) is 0 Å². The highest BCUT2D eigenvalue weighted by molar-refractivity contribution is 7.89. The van der Waals surface area contributed by atoms with Crippen molar-refractivity contribution in [3.8, 4) is 5.69 Å². The fourth-order valence-electron chi connectivity index (χ4n) is 2.46. The standard InChI is InChI=1S/C17H16ClFN6O3S/c1-10-21-22-23-25(10)16-8-11(4-7-15(16)19)20-17(26)13-9-12(5-6-14(13)18)29(27,28)24(2)3/h4-9H,1-3H3,(H,20,26). The molecule has 1 heterocycles. The highest BCUT2D eigenvalue weighted by atomic mass is 35.5. The molecule has 3 aromatic rings. The second-order valence-electron chi connectivity index (χ2n) is 6.19. The average molecular weight is 439 g/mol. The van der Waals surface area contributed by atoms with E-state index in [4.69, 9.17) is 11.6 Å². The number of tetrazole rings is 1. The van der Waals surface area contributed by atoms with Crippen LogP contribution in [0.15, 0.2) is 41.3 Å². The maximum Gasteiger partial charge on any atom is 0.257 e. The lowest BCUT2D eigenvalue weighted by Crippen LogP contribution is -2.23. The van der Waals surface area contributed by atoms with Crippen LogP contribution >= 0.6 is 11.6 Å². The third-order valence-corrected chi connectivity index (χ3v) is 6.16. The molecule has 0 fully saturated rings. The molecule has 0 aliphatic rings. The van der Waals surface area contributed by atoms with Gasteiger partial charge in [-0.05, 0) is 53.7 Å². The van der Waals surface area contributed by atoms with Crippen LogP contribution in [0, 0.1) is 12.7 Å². The van der Waals surface area contributed by atoms with Gasteiger partial charge in [-0.1, -0.05) is 11.6 Å². The fraction of sp³-hybridized carbons (Fsp3) is 0.176. The van der Waals surface area contributed by atoms with Gasteiger partial charge >= 0.3 is 0 Å². The van der Waals surface area contributed by atoms with E-state index in [-0.39, 0.29) is 26.9 Å². The number of carbonyl (C=O) groups is 1. The number of sulfonamides is 1. The van der Waals surface area contributed by atoms with E-state index in [1.807, 2.05) is 0 Å². The Morgan fingerprint density at radius 3 is 2.55 bits per heavy atom. The monoisotopic (exact) mass is 438 g/mol. The molecule has 0 aliphatic carbocycles. The summed E-state index contributed by atoms with van der Waals surface area (Å²) >= 11 is 6.09. The molecule has 152 valence electrons. The van der Waals surface area contributed by atoms with Crippen LogP contribution in [0.1, 0.15) is 16.2 Å². The zero-order valence-electron chi connectivity index (χ0n) is 15.6. The molecule has 0 spiro atoms. The molecule has 9 nitrogen and oxygen atoms in total. The number of rotatable bonds is 5. The number of nitrogens with one attached hydrogen (secondary N) is 1. The average Bonchev–Trinajstić information content (AvgIpc) is 3.09. The predicted molar refractivity (Wildman–Crippen MR) is 104 cm³/mol. The number of hydrogen-bond donors (Lipinski definition) is 1. The van der Waals surface area contributed by atoms with Crippen LogP contribution in [0.25, 0.3) is 5.69 Å². The highest BCUT2D eigenvalue weighted by Gasteiger charge is 2.21. The molecule has 12 heteroatoms. The van der Waals surface area contributed by atoms with Gasteiger partial charge in [0, 0.05) is 19.8 Å². The van der Waals surface area contributed by atoms with Crippen molar-refractivity contribution in [1.82, 2.24) is 24.5 Å². The lowest BCUT2D eigenvalue weighted by molar-refractivity contribution is 0.102. The molecule has 0 atom stereocenters. The number of anilines is 1. The molecule has 3 rings (SSSR count). The number of nitrogens with zero attached hydrogens (tertiary/aromatic N) is 5. The largest absolute Gasteiger partial charge is 0.322 e. The van der Waals surface area contributed by atoms with Gasteiger partial charge < -0.3 is 5.32 Å². The Hall–Kier alpha value is -2.89. The zero-order chi connectivity index (χ0) is 21.3. The minimum Gasteiger partial charge on any atom is -0.322 e. The fourth-order valence-corrected chi connectivity index (χ4v) is 3.59. The van der Waals surface area contributed by atoms with Crippen LogP contribution < -0.4 is 5.32 Å². The Morgan fingerprint density at radius 1 is 1.21 bits per heavy atom. The first-order valence-electron chi connectivity index (χ1n) is 8.19. The summed E-state index contributed by atoms with van der Waals surface area (Å²) in [4.78, 5) is 12.6. The number of hydrogen-bond acceptors (Lipinski definition) is 6. The minimum atomic E-state index is -3.75. The third-order valence-electron chi connectivity index (χ3n) is 4.02. The quantitative estimate of drug-likeness (QED) is 0.654. The van der Waals surface area contributed by atoms with Crippen LogP contribution in [0.5, 0.6) is 0 Å². The Labute approximate surface area is 171 Å². The summed E-state index contributed by atoms with van der Waals surface area (Å²) < 4.78 is 41.0. The van der Waals surface area contributed by atoms with Gasteiger partial charge in [-0.15, -0.1) is 5.10 Å². The van der Waals surface area contributed by atoms with Gasteiger partial charge in [0.2, 0.25) is 10.0 Å². The van der Waals surface area contributed by atoms with E-state index >= 15 is 0 Å². The molecular weight excluding hydrogens is 423 g/mol. The van der Waals surface area contributed by atoms with Gasteiger partial charge in [-0.3, -0.25) is 4.79 Å². The second-order valence-corrected chi connectivity index (χ2v) is 8.75. The first-order valence-corrected chi connectivity index (χ1v) is 10.0. The summed E-state index contributed by atoms with van der Waals surface area (Å²) in [5, 5.41) is 13.5. The Balaban J connectivity index is 1.95. The number of aryl methyl sites for hydroxylation is 1. The summed E-state index contributed by atoms with van der Waals surface area (Å²) in [5.41, 5.74) is 0.248. The molecule has 29 heavy (non-hydrogen) atoms. The number of benzene rings is 2. The van der Waals surface area contributed by atoms with E-state index in [9.17, 15) is 17.6 Å². The molecule has 0 bridgehead atoms. The maximum absolute atomic E-state index is 14.2. The van der Waals surface area contributed by atoms with Crippen molar-refractivity contribution >= 4 is 33.2 Å². The van der Waals surface area contributed by atoms with Crippen LogP contribution in [0.2, 0.25) is 5.02 Å². The molecule has 0 saturated heterocycles.